The molecule has 1 amide bonds. The molecule has 0 bridgehead atoms. The van der Waals surface area contributed by atoms with Gasteiger partial charge in [0.25, 0.3) is 0 Å². The third kappa shape index (κ3) is 3.57. The maximum absolute atomic E-state index is 11.9. The van der Waals surface area contributed by atoms with Crippen LogP contribution in [-0.2, 0) is 14.3 Å². The molecule has 0 saturated heterocycles. The van der Waals surface area contributed by atoms with Crippen molar-refractivity contribution in [1.82, 2.24) is 0 Å². The normalized spacial score (nSPS) is 10.6. The van der Waals surface area contributed by atoms with E-state index in [0.717, 1.165) is 10.1 Å². The second-order valence-electron chi connectivity index (χ2n) is 4.18. The highest BCUT2D eigenvalue weighted by Crippen LogP contribution is 2.36. The molecule has 0 aliphatic rings. The number of methoxy groups -OCH3 is 1. The lowest BCUT2D eigenvalue weighted by Crippen LogP contribution is -2.21. The van der Waals surface area contributed by atoms with Gasteiger partial charge in [-0.2, -0.15) is 0 Å². The number of benzene rings is 1. The van der Waals surface area contributed by atoms with E-state index in [4.69, 9.17) is 15.2 Å². The molecule has 2 aromatic rings. The molecule has 0 aliphatic heterocycles. The van der Waals surface area contributed by atoms with Crippen LogP contribution in [0.15, 0.2) is 24.3 Å². The molecule has 0 fully saturated rings. The molecule has 6 nitrogen and oxygen atoms in total. The molecule has 7 heteroatoms. The average molecular weight is 308 g/mol. The third-order valence-electron chi connectivity index (χ3n) is 2.73. The molecule has 0 unspecified atom stereocenters. The van der Waals surface area contributed by atoms with Gasteiger partial charge in [-0.05, 0) is 6.07 Å². The van der Waals surface area contributed by atoms with Gasteiger partial charge in [-0.15, -0.1) is 11.3 Å². The van der Waals surface area contributed by atoms with E-state index in [2.05, 4.69) is 5.32 Å². The number of fused-ring (bicyclic) bond motifs is 1. The zero-order valence-corrected chi connectivity index (χ0v) is 12.4. The summed E-state index contributed by atoms with van der Waals surface area (Å²) >= 11 is 1.28. The number of nitrogens with two attached hydrogens (primary N) is 1. The molecule has 21 heavy (non-hydrogen) atoms. The second kappa shape index (κ2) is 7.16. The average Bonchev–Trinajstić information content (AvgIpc) is 2.85. The summed E-state index contributed by atoms with van der Waals surface area (Å²) < 4.78 is 10.7. The molecule has 0 radical (unpaired) electrons. The molecule has 0 saturated carbocycles. The molecule has 0 aliphatic carbocycles. The van der Waals surface area contributed by atoms with Crippen LogP contribution in [0.2, 0.25) is 0 Å². The largest absolute Gasteiger partial charge is 0.465 e. The van der Waals surface area contributed by atoms with Crippen LogP contribution in [0.3, 0.4) is 0 Å². The van der Waals surface area contributed by atoms with Crippen LogP contribution in [0.25, 0.3) is 10.1 Å². The molecule has 1 heterocycles. The van der Waals surface area contributed by atoms with E-state index < -0.39 is 5.97 Å². The highest BCUT2D eigenvalue weighted by molar-refractivity contribution is 7.21. The minimum absolute atomic E-state index is 0.109. The Labute approximate surface area is 125 Å². The first-order valence-corrected chi connectivity index (χ1v) is 7.16. The van der Waals surface area contributed by atoms with E-state index in [0.29, 0.717) is 23.7 Å². The number of thiophene rings is 1. The number of carbonyl (C=O) groups excluding carboxylic acids is 2. The Morgan fingerprint density at radius 3 is 2.81 bits per heavy atom. The summed E-state index contributed by atoms with van der Waals surface area (Å²) in [6, 6.07) is 7.44. The molecule has 1 aromatic heterocycles. The van der Waals surface area contributed by atoms with Crippen LogP contribution in [0.1, 0.15) is 9.67 Å². The van der Waals surface area contributed by atoms with Crippen molar-refractivity contribution >= 4 is 39.0 Å². The number of esters is 1. The van der Waals surface area contributed by atoms with Gasteiger partial charge in [0, 0.05) is 16.6 Å². The Hall–Kier alpha value is -1.96. The fourth-order valence-electron chi connectivity index (χ4n) is 1.83. The maximum atomic E-state index is 11.9. The first-order chi connectivity index (χ1) is 10.2. The van der Waals surface area contributed by atoms with E-state index in [1.807, 2.05) is 24.3 Å². The smallest absolute Gasteiger partial charge is 0.350 e. The van der Waals surface area contributed by atoms with Gasteiger partial charge in [0.2, 0.25) is 5.91 Å². The van der Waals surface area contributed by atoms with Crippen LogP contribution in [-0.4, -0.2) is 38.7 Å². The van der Waals surface area contributed by atoms with E-state index in [-0.39, 0.29) is 12.5 Å². The SMILES string of the molecule is COC(=O)c1sc2ccccc2c1NC(=O)COCCN. The van der Waals surface area contributed by atoms with Crippen LogP contribution in [0.5, 0.6) is 0 Å². The standard InChI is InChI=1S/C14H16N2O4S/c1-19-14(18)13-12(16-11(17)8-20-7-6-15)9-4-2-3-5-10(9)21-13/h2-5H,6-8,15H2,1H3,(H,16,17). The number of hydrogen-bond donors (Lipinski definition) is 2. The fourth-order valence-corrected chi connectivity index (χ4v) is 2.91. The summed E-state index contributed by atoms with van der Waals surface area (Å²) in [6.07, 6.45) is 0. The molecule has 2 rings (SSSR count). The van der Waals surface area contributed by atoms with Crippen molar-refractivity contribution in [2.45, 2.75) is 0 Å². The Kier molecular flexibility index (Phi) is 5.26. The summed E-state index contributed by atoms with van der Waals surface area (Å²) in [5.41, 5.74) is 5.75. The maximum Gasteiger partial charge on any atom is 0.350 e. The van der Waals surface area contributed by atoms with Crippen molar-refractivity contribution < 1.29 is 19.1 Å². The fraction of sp³-hybridized carbons (Fsp3) is 0.286. The third-order valence-corrected chi connectivity index (χ3v) is 3.88. The summed E-state index contributed by atoms with van der Waals surface area (Å²) in [5.74, 6) is -0.813. The monoisotopic (exact) mass is 308 g/mol. The summed E-state index contributed by atoms with van der Waals surface area (Å²) in [5, 5.41) is 3.51. The quantitative estimate of drug-likeness (QED) is 0.625. The Morgan fingerprint density at radius 2 is 2.10 bits per heavy atom. The number of nitrogens with one attached hydrogen (secondary N) is 1. The number of anilines is 1. The summed E-state index contributed by atoms with van der Waals surface area (Å²) in [6.45, 7) is 0.547. The van der Waals surface area contributed by atoms with Crippen LogP contribution >= 0.6 is 11.3 Å². The molecule has 0 spiro atoms. The first-order valence-electron chi connectivity index (χ1n) is 6.35. The Morgan fingerprint density at radius 1 is 1.33 bits per heavy atom. The summed E-state index contributed by atoms with van der Waals surface area (Å²) in [7, 11) is 1.31. The Balaban J connectivity index is 2.27. The van der Waals surface area contributed by atoms with Gasteiger partial charge in [0.05, 0.1) is 19.4 Å². The van der Waals surface area contributed by atoms with Crippen molar-refractivity contribution in [2.24, 2.45) is 5.73 Å². The highest BCUT2D eigenvalue weighted by Gasteiger charge is 2.20. The second-order valence-corrected chi connectivity index (χ2v) is 5.24. The molecule has 1 aromatic carbocycles. The lowest BCUT2D eigenvalue weighted by molar-refractivity contribution is -0.120. The van der Waals surface area contributed by atoms with Crippen molar-refractivity contribution in [3.63, 3.8) is 0 Å². The van der Waals surface area contributed by atoms with Crippen molar-refractivity contribution in [3.05, 3.63) is 29.1 Å². The van der Waals surface area contributed by atoms with Gasteiger partial charge >= 0.3 is 5.97 Å². The number of amides is 1. The lowest BCUT2D eigenvalue weighted by atomic mass is 10.2. The van der Waals surface area contributed by atoms with Gasteiger partial charge in [-0.3, -0.25) is 4.79 Å². The van der Waals surface area contributed by atoms with Gasteiger partial charge in [-0.25, -0.2) is 4.79 Å². The van der Waals surface area contributed by atoms with Crippen LogP contribution < -0.4 is 11.1 Å². The lowest BCUT2D eigenvalue weighted by Gasteiger charge is -2.07. The molecule has 0 atom stereocenters. The minimum atomic E-state index is -0.477. The molecule has 3 N–H and O–H groups in total. The number of ether oxygens (including phenoxy) is 2. The topological polar surface area (TPSA) is 90.6 Å². The number of carbonyl (C=O) groups is 2. The van der Waals surface area contributed by atoms with Gasteiger partial charge in [0.1, 0.15) is 11.5 Å². The van der Waals surface area contributed by atoms with E-state index in [1.54, 1.807) is 0 Å². The van der Waals surface area contributed by atoms with Crippen LogP contribution in [0.4, 0.5) is 5.69 Å². The number of hydrogen-bond acceptors (Lipinski definition) is 6. The van der Waals surface area contributed by atoms with Crippen molar-refractivity contribution in [1.29, 1.82) is 0 Å². The van der Waals surface area contributed by atoms with E-state index in [1.165, 1.54) is 18.4 Å². The zero-order valence-electron chi connectivity index (χ0n) is 11.5. The van der Waals surface area contributed by atoms with Gasteiger partial charge in [-0.1, -0.05) is 18.2 Å². The van der Waals surface area contributed by atoms with Crippen molar-refractivity contribution in [3.8, 4) is 0 Å². The van der Waals surface area contributed by atoms with E-state index >= 15 is 0 Å². The van der Waals surface area contributed by atoms with Gasteiger partial charge in [0.15, 0.2) is 0 Å². The molecular formula is C14H16N2O4S. The van der Waals surface area contributed by atoms with Crippen LogP contribution in [0, 0.1) is 0 Å². The predicted molar refractivity (Wildman–Crippen MR) is 81.7 cm³/mol. The molecule has 112 valence electrons. The zero-order chi connectivity index (χ0) is 15.2. The summed E-state index contributed by atoms with van der Waals surface area (Å²) in [4.78, 5) is 24.1. The molecular weight excluding hydrogens is 292 g/mol. The minimum Gasteiger partial charge on any atom is -0.465 e. The Bertz CT molecular complexity index is 653. The highest BCUT2D eigenvalue weighted by atomic mass is 32.1. The van der Waals surface area contributed by atoms with Gasteiger partial charge < -0.3 is 20.5 Å². The van der Waals surface area contributed by atoms with Crippen molar-refractivity contribution in [2.75, 3.05) is 32.2 Å². The first kappa shape index (κ1) is 15.4. The number of rotatable bonds is 6. The predicted octanol–water partition coefficient (Wildman–Crippen LogP) is 1.60. The van der Waals surface area contributed by atoms with E-state index in [9.17, 15) is 9.59 Å².